The number of hydrogen-bond donors (Lipinski definition) is 1. The lowest BCUT2D eigenvalue weighted by atomic mass is 10.1. The standard InChI is InChI=1S/C16H21N3O/c1-20-15-5-2-13(9-17)16(8-15)18-10-12-6-7-19(11-12)14-3-4-14/h2,5,8,12,14,18H,3-4,6-7,10-11H2,1H3. The van der Waals surface area contributed by atoms with Gasteiger partial charge in [-0.2, -0.15) is 5.26 Å². The average Bonchev–Trinajstić information content (AvgIpc) is 3.24. The molecule has 4 heteroatoms. The number of methoxy groups -OCH3 is 1. The van der Waals surface area contributed by atoms with Gasteiger partial charge in [0.15, 0.2) is 0 Å². The van der Waals surface area contributed by atoms with Gasteiger partial charge in [0.25, 0.3) is 0 Å². The first-order chi connectivity index (χ1) is 9.80. The van der Waals surface area contributed by atoms with E-state index in [4.69, 9.17) is 10.00 Å². The molecule has 4 nitrogen and oxygen atoms in total. The van der Waals surface area contributed by atoms with Crippen molar-refractivity contribution in [1.82, 2.24) is 4.90 Å². The highest BCUT2D eigenvalue weighted by Crippen LogP contribution is 2.32. The van der Waals surface area contributed by atoms with Gasteiger partial charge in [0.1, 0.15) is 11.8 Å². The Morgan fingerprint density at radius 2 is 2.25 bits per heavy atom. The minimum absolute atomic E-state index is 0.683. The lowest BCUT2D eigenvalue weighted by molar-refractivity contribution is 0.316. The molecule has 0 aromatic heterocycles. The maximum Gasteiger partial charge on any atom is 0.121 e. The van der Waals surface area contributed by atoms with E-state index in [2.05, 4.69) is 16.3 Å². The summed E-state index contributed by atoms with van der Waals surface area (Å²) in [5, 5.41) is 12.6. The van der Waals surface area contributed by atoms with E-state index in [0.717, 1.165) is 24.0 Å². The van der Waals surface area contributed by atoms with Crippen LogP contribution in [0.25, 0.3) is 0 Å². The third-order valence-corrected chi connectivity index (χ3v) is 4.31. The molecule has 0 bridgehead atoms. The summed E-state index contributed by atoms with van der Waals surface area (Å²) in [5.41, 5.74) is 1.57. The van der Waals surface area contributed by atoms with Crippen LogP contribution in [-0.4, -0.2) is 37.7 Å². The first kappa shape index (κ1) is 13.3. The Labute approximate surface area is 120 Å². The third-order valence-electron chi connectivity index (χ3n) is 4.31. The highest BCUT2D eigenvalue weighted by atomic mass is 16.5. The van der Waals surface area contributed by atoms with Crippen molar-refractivity contribution in [2.45, 2.75) is 25.3 Å². The van der Waals surface area contributed by atoms with Crippen molar-refractivity contribution in [3.63, 3.8) is 0 Å². The van der Waals surface area contributed by atoms with Gasteiger partial charge >= 0.3 is 0 Å². The zero-order chi connectivity index (χ0) is 13.9. The second-order valence-corrected chi connectivity index (χ2v) is 5.79. The number of ether oxygens (including phenoxy) is 1. The summed E-state index contributed by atoms with van der Waals surface area (Å²) in [4.78, 5) is 2.61. The SMILES string of the molecule is COc1ccc(C#N)c(NCC2CCN(C3CC3)C2)c1. The van der Waals surface area contributed by atoms with Gasteiger partial charge in [-0.05, 0) is 43.9 Å². The Bertz CT molecular complexity index is 519. The molecule has 2 fully saturated rings. The number of nitrogens with zero attached hydrogens (tertiary/aromatic N) is 2. The third kappa shape index (κ3) is 2.88. The quantitative estimate of drug-likeness (QED) is 0.893. The van der Waals surface area contributed by atoms with E-state index in [-0.39, 0.29) is 0 Å². The molecule has 1 heterocycles. The molecule has 1 aliphatic carbocycles. The van der Waals surface area contributed by atoms with Crippen LogP contribution in [0, 0.1) is 17.2 Å². The number of hydrogen-bond acceptors (Lipinski definition) is 4. The number of likely N-dealkylation sites (tertiary alicyclic amines) is 1. The molecule has 3 rings (SSSR count). The number of nitrogens with one attached hydrogen (secondary N) is 1. The van der Waals surface area contributed by atoms with E-state index >= 15 is 0 Å². The minimum Gasteiger partial charge on any atom is -0.497 e. The second-order valence-electron chi connectivity index (χ2n) is 5.79. The minimum atomic E-state index is 0.683. The smallest absolute Gasteiger partial charge is 0.121 e. The van der Waals surface area contributed by atoms with E-state index in [0.29, 0.717) is 11.5 Å². The predicted molar refractivity (Wildman–Crippen MR) is 78.9 cm³/mol. The fourth-order valence-electron chi connectivity index (χ4n) is 2.95. The van der Waals surface area contributed by atoms with Crippen LogP contribution in [0.2, 0.25) is 0 Å². The van der Waals surface area contributed by atoms with Gasteiger partial charge in [-0.3, -0.25) is 0 Å². The first-order valence-electron chi connectivity index (χ1n) is 7.36. The monoisotopic (exact) mass is 271 g/mol. The molecule has 0 radical (unpaired) electrons. The Hall–Kier alpha value is -1.73. The van der Waals surface area contributed by atoms with Crippen LogP contribution in [0.4, 0.5) is 5.69 Å². The number of anilines is 1. The lowest BCUT2D eigenvalue weighted by Gasteiger charge is -2.16. The fourth-order valence-corrected chi connectivity index (χ4v) is 2.95. The second kappa shape index (κ2) is 5.72. The van der Waals surface area contributed by atoms with Gasteiger partial charge in [0.2, 0.25) is 0 Å². The van der Waals surface area contributed by atoms with E-state index in [1.54, 1.807) is 7.11 Å². The van der Waals surface area contributed by atoms with Crippen molar-refractivity contribution in [2.24, 2.45) is 5.92 Å². The van der Waals surface area contributed by atoms with E-state index < -0.39 is 0 Å². The van der Waals surface area contributed by atoms with Gasteiger partial charge in [0, 0.05) is 25.2 Å². The van der Waals surface area contributed by atoms with Crippen LogP contribution in [0.3, 0.4) is 0 Å². The van der Waals surface area contributed by atoms with Crippen molar-refractivity contribution >= 4 is 5.69 Å². The summed E-state index contributed by atoms with van der Waals surface area (Å²) in [6, 6.07) is 8.65. The van der Waals surface area contributed by atoms with Gasteiger partial charge in [-0.1, -0.05) is 0 Å². The zero-order valence-corrected chi connectivity index (χ0v) is 11.9. The molecule has 0 spiro atoms. The Morgan fingerprint density at radius 3 is 2.95 bits per heavy atom. The predicted octanol–water partition coefficient (Wildman–Crippen LogP) is 2.46. The molecule has 1 aromatic carbocycles. The maximum absolute atomic E-state index is 9.16. The summed E-state index contributed by atoms with van der Waals surface area (Å²) in [7, 11) is 1.65. The van der Waals surface area contributed by atoms with Crippen molar-refractivity contribution < 1.29 is 4.74 Å². The molecule has 1 saturated carbocycles. The van der Waals surface area contributed by atoms with Crippen LogP contribution < -0.4 is 10.1 Å². The molecule has 1 unspecified atom stereocenters. The van der Waals surface area contributed by atoms with Gasteiger partial charge in [-0.15, -0.1) is 0 Å². The molecule has 0 amide bonds. The number of benzene rings is 1. The van der Waals surface area contributed by atoms with Gasteiger partial charge < -0.3 is 15.0 Å². The normalized spacial score (nSPS) is 22.5. The molecule has 1 atom stereocenters. The van der Waals surface area contributed by atoms with Crippen LogP contribution in [0.1, 0.15) is 24.8 Å². The Morgan fingerprint density at radius 1 is 1.40 bits per heavy atom. The largest absolute Gasteiger partial charge is 0.497 e. The summed E-state index contributed by atoms with van der Waals surface area (Å²) in [5.74, 6) is 1.48. The van der Waals surface area contributed by atoms with Crippen LogP contribution in [0.15, 0.2) is 18.2 Å². The maximum atomic E-state index is 9.16. The van der Waals surface area contributed by atoms with Crippen LogP contribution in [0.5, 0.6) is 5.75 Å². The highest BCUT2D eigenvalue weighted by Gasteiger charge is 2.34. The molecule has 1 saturated heterocycles. The van der Waals surface area contributed by atoms with E-state index in [1.807, 2.05) is 18.2 Å². The fraction of sp³-hybridized carbons (Fsp3) is 0.562. The van der Waals surface area contributed by atoms with Crippen LogP contribution in [-0.2, 0) is 0 Å². The Kier molecular flexibility index (Phi) is 3.79. The average molecular weight is 271 g/mol. The van der Waals surface area contributed by atoms with Gasteiger partial charge in [-0.25, -0.2) is 0 Å². The highest BCUT2D eigenvalue weighted by molar-refractivity contribution is 5.60. The van der Waals surface area contributed by atoms with Crippen molar-refractivity contribution in [3.8, 4) is 11.8 Å². The molecule has 1 aromatic rings. The van der Waals surface area contributed by atoms with Crippen molar-refractivity contribution in [2.75, 3.05) is 32.1 Å². The molecule has 1 aliphatic heterocycles. The molecule has 1 N–H and O–H groups in total. The topological polar surface area (TPSA) is 48.3 Å². The zero-order valence-electron chi connectivity index (χ0n) is 11.9. The van der Waals surface area contributed by atoms with Crippen molar-refractivity contribution in [1.29, 1.82) is 5.26 Å². The number of nitriles is 1. The van der Waals surface area contributed by atoms with E-state index in [1.165, 1.54) is 32.4 Å². The van der Waals surface area contributed by atoms with E-state index in [9.17, 15) is 0 Å². The lowest BCUT2D eigenvalue weighted by Crippen LogP contribution is -2.24. The molecule has 20 heavy (non-hydrogen) atoms. The van der Waals surface area contributed by atoms with Gasteiger partial charge in [0.05, 0.1) is 18.4 Å². The molecular formula is C16H21N3O. The molecule has 106 valence electrons. The summed E-state index contributed by atoms with van der Waals surface area (Å²) in [6.45, 7) is 3.37. The number of rotatable bonds is 5. The van der Waals surface area contributed by atoms with Crippen molar-refractivity contribution in [3.05, 3.63) is 23.8 Å². The summed E-state index contributed by atoms with van der Waals surface area (Å²) >= 11 is 0. The summed E-state index contributed by atoms with van der Waals surface area (Å²) in [6.07, 6.45) is 4.03. The van der Waals surface area contributed by atoms with Crippen LogP contribution >= 0.6 is 0 Å². The molecular weight excluding hydrogens is 250 g/mol. The first-order valence-corrected chi connectivity index (χ1v) is 7.36. The molecule has 2 aliphatic rings. The Balaban J connectivity index is 1.59. The summed E-state index contributed by atoms with van der Waals surface area (Å²) < 4.78 is 5.23.